The van der Waals surface area contributed by atoms with Crippen LogP contribution < -0.4 is 5.32 Å². The molecule has 0 amide bonds. The zero-order chi connectivity index (χ0) is 15.9. The highest BCUT2D eigenvalue weighted by molar-refractivity contribution is 6.31. The van der Waals surface area contributed by atoms with E-state index in [9.17, 15) is 4.39 Å². The standard InChI is InChI=1S/C17H21ClFN3/c1-22(2)10-4-9-20-12-14-5-3-6-17(21-14)13-7-8-16(19)15(18)11-13/h3,5-8,11,20H,4,9-10,12H2,1-2H3. The van der Waals surface area contributed by atoms with E-state index >= 15 is 0 Å². The highest BCUT2D eigenvalue weighted by Crippen LogP contribution is 2.23. The maximum atomic E-state index is 13.2. The van der Waals surface area contributed by atoms with Crippen LogP contribution in [0.5, 0.6) is 0 Å². The molecule has 0 atom stereocenters. The smallest absolute Gasteiger partial charge is 0.141 e. The van der Waals surface area contributed by atoms with Gasteiger partial charge >= 0.3 is 0 Å². The first-order chi connectivity index (χ1) is 10.6. The molecule has 1 N–H and O–H groups in total. The Morgan fingerprint density at radius 2 is 2.05 bits per heavy atom. The summed E-state index contributed by atoms with van der Waals surface area (Å²) in [6.45, 7) is 2.73. The van der Waals surface area contributed by atoms with E-state index in [1.54, 1.807) is 12.1 Å². The Labute approximate surface area is 136 Å². The Morgan fingerprint density at radius 3 is 2.77 bits per heavy atom. The van der Waals surface area contributed by atoms with E-state index in [1.165, 1.54) is 6.07 Å². The van der Waals surface area contributed by atoms with Gasteiger partial charge < -0.3 is 10.2 Å². The minimum atomic E-state index is -0.413. The van der Waals surface area contributed by atoms with Crippen LogP contribution >= 0.6 is 11.6 Å². The van der Waals surface area contributed by atoms with Gasteiger partial charge in [0.05, 0.1) is 16.4 Å². The number of benzene rings is 1. The van der Waals surface area contributed by atoms with Crippen molar-refractivity contribution in [1.82, 2.24) is 15.2 Å². The Bertz CT molecular complexity index is 617. The third kappa shape index (κ3) is 5.05. The fourth-order valence-electron chi connectivity index (χ4n) is 2.13. The number of hydrogen-bond donors (Lipinski definition) is 1. The second kappa shape index (κ2) is 8.22. The molecule has 0 unspecified atom stereocenters. The quantitative estimate of drug-likeness (QED) is 0.790. The number of aromatic nitrogens is 1. The lowest BCUT2D eigenvalue weighted by atomic mass is 10.1. The fraction of sp³-hybridized carbons (Fsp3) is 0.353. The van der Waals surface area contributed by atoms with Gasteiger partial charge in [0, 0.05) is 12.1 Å². The third-order valence-corrected chi connectivity index (χ3v) is 3.58. The minimum absolute atomic E-state index is 0.117. The van der Waals surface area contributed by atoms with Gasteiger partial charge in [-0.1, -0.05) is 17.7 Å². The van der Waals surface area contributed by atoms with Crippen molar-refractivity contribution in [2.24, 2.45) is 0 Å². The molecule has 0 aliphatic rings. The molecule has 3 nitrogen and oxygen atoms in total. The van der Waals surface area contributed by atoms with Gasteiger partial charge in [0.2, 0.25) is 0 Å². The first kappa shape index (κ1) is 16.9. The minimum Gasteiger partial charge on any atom is -0.311 e. The molecule has 1 heterocycles. The maximum absolute atomic E-state index is 13.2. The molecule has 0 fully saturated rings. The number of rotatable bonds is 7. The van der Waals surface area contributed by atoms with Crippen LogP contribution in [0.2, 0.25) is 5.02 Å². The van der Waals surface area contributed by atoms with Crippen molar-refractivity contribution >= 4 is 11.6 Å². The van der Waals surface area contributed by atoms with E-state index in [1.807, 2.05) is 18.2 Å². The lowest BCUT2D eigenvalue weighted by Gasteiger charge is -2.10. The third-order valence-electron chi connectivity index (χ3n) is 3.29. The molecule has 0 aliphatic carbocycles. The Morgan fingerprint density at radius 1 is 1.23 bits per heavy atom. The second-order valence-corrected chi connectivity index (χ2v) is 5.88. The van der Waals surface area contributed by atoms with Gasteiger partial charge in [-0.2, -0.15) is 0 Å². The van der Waals surface area contributed by atoms with Crippen LogP contribution in [0.3, 0.4) is 0 Å². The van der Waals surface area contributed by atoms with Gasteiger partial charge in [0.15, 0.2) is 0 Å². The van der Waals surface area contributed by atoms with Crippen molar-refractivity contribution in [2.45, 2.75) is 13.0 Å². The van der Waals surface area contributed by atoms with Crippen LogP contribution in [0.4, 0.5) is 4.39 Å². The Kier molecular flexibility index (Phi) is 6.31. The van der Waals surface area contributed by atoms with Gasteiger partial charge in [-0.05, 0) is 63.9 Å². The Balaban J connectivity index is 1.96. The normalized spacial score (nSPS) is 11.1. The van der Waals surface area contributed by atoms with E-state index in [0.717, 1.165) is 43.0 Å². The molecular formula is C17H21ClFN3. The Hall–Kier alpha value is -1.49. The number of pyridine rings is 1. The molecule has 5 heteroatoms. The molecule has 0 aliphatic heterocycles. The topological polar surface area (TPSA) is 28.2 Å². The average molecular weight is 322 g/mol. The molecule has 0 spiro atoms. The molecule has 22 heavy (non-hydrogen) atoms. The monoisotopic (exact) mass is 321 g/mol. The summed E-state index contributed by atoms with van der Waals surface area (Å²) in [4.78, 5) is 6.76. The van der Waals surface area contributed by atoms with E-state index in [4.69, 9.17) is 11.6 Å². The van der Waals surface area contributed by atoms with Gasteiger partial charge in [-0.3, -0.25) is 4.98 Å². The molecule has 2 aromatic rings. The molecular weight excluding hydrogens is 301 g/mol. The molecule has 2 rings (SSSR count). The summed E-state index contributed by atoms with van der Waals surface area (Å²) in [6.07, 6.45) is 1.10. The molecule has 1 aromatic heterocycles. The van der Waals surface area contributed by atoms with Crippen molar-refractivity contribution in [3.63, 3.8) is 0 Å². The summed E-state index contributed by atoms with van der Waals surface area (Å²) >= 11 is 5.83. The van der Waals surface area contributed by atoms with Gasteiger partial charge in [-0.25, -0.2) is 4.39 Å². The summed E-state index contributed by atoms with van der Waals surface area (Å²) in [7, 11) is 4.14. The fourth-order valence-corrected chi connectivity index (χ4v) is 2.31. The largest absolute Gasteiger partial charge is 0.311 e. The van der Waals surface area contributed by atoms with Gasteiger partial charge in [-0.15, -0.1) is 0 Å². The summed E-state index contributed by atoms with van der Waals surface area (Å²) < 4.78 is 13.2. The van der Waals surface area contributed by atoms with Crippen LogP contribution in [0.15, 0.2) is 36.4 Å². The number of nitrogens with zero attached hydrogens (tertiary/aromatic N) is 2. The molecule has 0 saturated carbocycles. The molecule has 0 saturated heterocycles. The molecule has 118 valence electrons. The predicted octanol–water partition coefficient (Wildman–Crippen LogP) is 3.58. The number of nitrogens with one attached hydrogen (secondary N) is 1. The second-order valence-electron chi connectivity index (χ2n) is 5.48. The van der Waals surface area contributed by atoms with Crippen LogP contribution in [-0.2, 0) is 6.54 Å². The van der Waals surface area contributed by atoms with E-state index in [0.29, 0.717) is 0 Å². The lowest BCUT2D eigenvalue weighted by molar-refractivity contribution is 0.394. The summed E-state index contributed by atoms with van der Waals surface area (Å²) in [6, 6.07) is 10.5. The SMILES string of the molecule is CN(C)CCCNCc1cccc(-c2ccc(F)c(Cl)c2)n1. The van der Waals surface area contributed by atoms with Gasteiger partial charge in [0.1, 0.15) is 5.82 Å². The van der Waals surface area contributed by atoms with Crippen molar-refractivity contribution in [3.8, 4) is 11.3 Å². The van der Waals surface area contributed by atoms with Crippen LogP contribution in [0.1, 0.15) is 12.1 Å². The average Bonchev–Trinajstić information content (AvgIpc) is 2.50. The summed E-state index contributed by atoms with van der Waals surface area (Å²) in [5, 5.41) is 3.50. The van der Waals surface area contributed by atoms with E-state index in [-0.39, 0.29) is 5.02 Å². The molecule has 0 bridgehead atoms. The molecule has 0 radical (unpaired) electrons. The van der Waals surface area contributed by atoms with Crippen LogP contribution in [-0.4, -0.2) is 37.1 Å². The summed E-state index contributed by atoms with van der Waals surface area (Å²) in [5.41, 5.74) is 2.58. The van der Waals surface area contributed by atoms with Crippen molar-refractivity contribution in [1.29, 1.82) is 0 Å². The predicted molar refractivity (Wildman–Crippen MR) is 89.5 cm³/mol. The lowest BCUT2D eigenvalue weighted by Crippen LogP contribution is -2.21. The number of hydrogen-bond acceptors (Lipinski definition) is 3. The summed E-state index contributed by atoms with van der Waals surface area (Å²) in [5.74, 6) is -0.413. The zero-order valence-electron chi connectivity index (χ0n) is 12.9. The first-order valence-electron chi connectivity index (χ1n) is 7.33. The van der Waals surface area contributed by atoms with Crippen LogP contribution in [0.25, 0.3) is 11.3 Å². The van der Waals surface area contributed by atoms with Crippen molar-refractivity contribution in [2.75, 3.05) is 27.2 Å². The highest BCUT2D eigenvalue weighted by Gasteiger charge is 2.05. The number of halogens is 2. The van der Waals surface area contributed by atoms with E-state index < -0.39 is 5.82 Å². The maximum Gasteiger partial charge on any atom is 0.141 e. The van der Waals surface area contributed by atoms with Gasteiger partial charge in [0.25, 0.3) is 0 Å². The van der Waals surface area contributed by atoms with Crippen molar-refractivity contribution < 1.29 is 4.39 Å². The highest BCUT2D eigenvalue weighted by atomic mass is 35.5. The van der Waals surface area contributed by atoms with Crippen molar-refractivity contribution in [3.05, 3.63) is 52.9 Å². The first-order valence-corrected chi connectivity index (χ1v) is 7.71. The van der Waals surface area contributed by atoms with E-state index in [2.05, 4.69) is 29.3 Å². The zero-order valence-corrected chi connectivity index (χ0v) is 13.7. The molecule has 1 aromatic carbocycles. The van der Waals surface area contributed by atoms with Crippen LogP contribution in [0, 0.1) is 5.82 Å².